The highest BCUT2D eigenvalue weighted by atomic mass is 79.9. The Morgan fingerprint density at radius 3 is 0.549 bits per heavy atom. The summed E-state index contributed by atoms with van der Waals surface area (Å²) >= 11 is 88.5. The lowest BCUT2D eigenvalue weighted by atomic mass is 10.3. The number of halogens is 18. The lowest BCUT2D eigenvalue weighted by molar-refractivity contribution is 1.52. The Morgan fingerprint density at radius 1 is 0.176 bits per heavy atom. The molecule has 0 aliphatic heterocycles. The van der Waals surface area contributed by atoms with E-state index in [-0.39, 0.29) is 0 Å². The first-order chi connectivity index (χ1) is 48.2. The standard InChI is InChI=1S/3C10H8Br2S2.C8H2Br4S2.C8H4Br2S2.3C5H5BrS.C4H2Br2S.C4H3BrS/c3*1-5-3-7(13-9(5)11)8-4-6(2)10(12)14-8;9-3-1-5(13-7(3)11)6-2-4(10)8(12)14-6;9-7-3-1-5(11-7)6-2-4-8(10)12-6;3*1-4-2-3-7-5(4)6;5-3-1-2-7-4(3)6;5-4-2-1-3-6-4/h3*3-4H,1-2H3;1-2H;1-4H;3*2-3H,1H3;1-2H;1-3H. The molecule has 0 fully saturated rings. The van der Waals surface area contributed by atoms with Gasteiger partial charge in [0, 0.05) is 62.2 Å². The van der Waals surface area contributed by atoms with Gasteiger partial charge in [0.1, 0.15) is 0 Å². The lowest BCUT2D eigenvalue weighted by Gasteiger charge is -1.86. The third-order valence-electron chi connectivity index (χ3n) is 12.3. The second-order valence-corrected chi connectivity index (χ2v) is 57.9. The van der Waals surface area contributed by atoms with Crippen LogP contribution in [-0.4, -0.2) is 0 Å². The highest BCUT2D eigenvalue weighted by Crippen LogP contribution is 2.47. The van der Waals surface area contributed by atoms with Crippen LogP contribution in [0.1, 0.15) is 50.1 Å². The maximum atomic E-state index is 3.55. The van der Waals surface area contributed by atoms with Crippen molar-refractivity contribution in [3.05, 3.63) is 256 Å². The number of rotatable bonds is 5. The summed E-state index contributed by atoms with van der Waals surface area (Å²) < 4.78 is 21.5. The fourth-order valence-electron chi connectivity index (χ4n) is 6.91. The summed E-state index contributed by atoms with van der Waals surface area (Å²) in [5.74, 6) is 0. The number of thiophene rings is 15. The normalized spacial score (nSPS) is 10.3. The van der Waals surface area contributed by atoms with E-state index in [2.05, 4.69) is 456 Å². The molecule has 0 nitrogen and oxygen atoms in total. The van der Waals surface area contributed by atoms with E-state index < -0.39 is 0 Å². The Balaban J connectivity index is 0.000000181. The Kier molecular flexibility index (Phi) is 45.3. The number of hydrogen-bond donors (Lipinski definition) is 0. The van der Waals surface area contributed by atoms with E-state index in [9.17, 15) is 0 Å². The fraction of sp³-hybridized carbons (Fsp3) is 0.130. The van der Waals surface area contributed by atoms with E-state index in [1.165, 1.54) is 144 Å². The molecule has 0 spiro atoms. The maximum Gasteiger partial charge on any atom is 0.0847 e. The van der Waals surface area contributed by atoms with Crippen LogP contribution in [0.3, 0.4) is 0 Å². The molecule has 0 N–H and O–H groups in total. The van der Waals surface area contributed by atoms with Crippen LogP contribution < -0.4 is 0 Å². The zero-order valence-corrected chi connectivity index (χ0v) is 94.5. The fourth-order valence-corrected chi connectivity index (χ4v) is 29.1. The SMILES string of the molecule is Brc1cc(-c2cc(Br)c(Br)s2)sc1Br.Brc1ccc(-c2ccc(Br)s2)s1.Brc1cccs1.Brc1ccsc1Br.Cc1cc(-c2cc(C)c(Br)s2)sc1Br.Cc1cc(-c2cc(C)c(Br)s2)sc1Br.Cc1cc(-c2cc(C)c(Br)s2)sc1Br.Cc1ccsc1Br.Cc1ccsc1Br.Cc1ccsc1Br. The Bertz CT molecular complexity index is 4040. The van der Waals surface area contributed by atoms with Crippen molar-refractivity contribution in [3.8, 4) is 48.8 Å². The summed E-state index contributed by atoms with van der Waals surface area (Å²) in [6.45, 7) is 19.0. The second kappa shape index (κ2) is 48.6. The average Bonchev–Trinajstić information content (AvgIpc) is 1.70. The Hall–Kier alpha value is 4.14. The Morgan fingerprint density at radius 2 is 0.431 bits per heavy atom. The minimum absolute atomic E-state index is 1.11. The van der Waals surface area contributed by atoms with Crippen molar-refractivity contribution in [2.45, 2.75) is 62.3 Å². The van der Waals surface area contributed by atoms with Gasteiger partial charge in [-0.3, -0.25) is 0 Å². The van der Waals surface area contributed by atoms with E-state index >= 15 is 0 Å². The summed E-state index contributed by atoms with van der Waals surface area (Å²) in [7, 11) is 0. The van der Waals surface area contributed by atoms with Gasteiger partial charge in [-0.05, 0) is 529 Å². The van der Waals surface area contributed by atoms with Crippen molar-refractivity contribution in [2.75, 3.05) is 0 Å². The first-order valence-electron chi connectivity index (χ1n) is 28.3. The van der Waals surface area contributed by atoms with Crippen molar-refractivity contribution in [1.29, 1.82) is 0 Å². The van der Waals surface area contributed by atoms with Gasteiger partial charge in [0.25, 0.3) is 0 Å². The molecule has 102 heavy (non-hydrogen) atoms. The molecule has 0 amide bonds. The molecule has 0 saturated heterocycles. The van der Waals surface area contributed by atoms with Crippen LogP contribution in [0.2, 0.25) is 0 Å². The molecule has 15 aromatic rings. The third kappa shape index (κ3) is 32.3. The maximum absolute atomic E-state index is 3.55. The molecule has 0 aliphatic carbocycles. The second-order valence-electron chi connectivity index (χ2n) is 20.2. The molecule has 0 unspecified atom stereocenters. The minimum atomic E-state index is 1.11. The molecule has 0 saturated carbocycles. The van der Waals surface area contributed by atoms with Gasteiger partial charge in [0.2, 0.25) is 0 Å². The smallest absolute Gasteiger partial charge is 0.0847 e. The van der Waals surface area contributed by atoms with Crippen LogP contribution in [0.25, 0.3) is 48.8 Å². The molecule has 0 radical (unpaired) electrons. The van der Waals surface area contributed by atoms with Gasteiger partial charge < -0.3 is 0 Å². The highest BCUT2D eigenvalue weighted by Gasteiger charge is 2.14. The van der Waals surface area contributed by atoms with Gasteiger partial charge >= 0.3 is 0 Å². The van der Waals surface area contributed by atoms with E-state index in [1.54, 1.807) is 170 Å². The minimum Gasteiger partial charge on any atom is -0.137 e. The topological polar surface area (TPSA) is 0 Å². The zero-order chi connectivity index (χ0) is 75.2. The van der Waals surface area contributed by atoms with Crippen molar-refractivity contribution < 1.29 is 0 Å². The van der Waals surface area contributed by atoms with Crippen molar-refractivity contribution in [2.24, 2.45) is 0 Å². The Labute approximate surface area is 809 Å². The molecule has 0 aliphatic rings. The number of aryl methyl sites for hydroxylation is 9. The zero-order valence-electron chi connectivity index (χ0n) is 53.7. The van der Waals surface area contributed by atoms with Crippen LogP contribution in [0.4, 0.5) is 0 Å². The molecule has 0 atom stereocenters. The van der Waals surface area contributed by atoms with Crippen LogP contribution in [-0.2, 0) is 0 Å². The molecule has 0 bridgehead atoms. The molecule has 0 aromatic carbocycles. The monoisotopic (exact) mass is 2780 g/mol. The first-order valence-corrected chi connectivity index (χ1v) is 55.2. The van der Waals surface area contributed by atoms with E-state index in [1.807, 2.05) is 29.0 Å². The van der Waals surface area contributed by atoms with E-state index in [0.29, 0.717) is 0 Å². The summed E-state index contributed by atoms with van der Waals surface area (Å²) in [4.78, 5) is 13.2. The average molecular weight is 2800 g/mol. The quantitative estimate of drug-likeness (QED) is 0.161. The van der Waals surface area contributed by atoms with Gasteiger partial charge in [-0.15, -0.1) is 170 Å². The van der Waals surface area contributed by atoms with E-state index in [0.717, 1.165) is 24.8 Å². The summed E-state index contributed by atoms with van der Waals surface area (Å²) in [6, 6.07) is 38.4. The predicted octanol–water partition coefficient (Wildman–Crippen LogP) is 42.6. The molecule has 33 heteroatoms. The molecule has 542 valence electrons. The van der Waals surface area contributed by atoms with Crippen LogP contribution >= 0.6 is 457 Å². The molecule has 15 aromatic heterocycles. The first kappa shape index (κ1) is 95.0. The third-order valence-corrected chi connectivity index (χ3v) is 46.4. The molecule has 15 heterocycles. The van der Waals surface area contributed by atoms with Gasteiger partial charge in [0.05, 0.1) is 56.8 Å². The predicted molar refractivity (Wildman–Crippen MR) is 541 cm³/mol. The van der Waals surface area contributed by atoms with Crippen LogP contribution in [0, 0.1) is 62.3 Å². The largest absolute Gasteiger partial charge is 0.137 e. The van der Waals surface area contributed by atoms with Gasteiger partial charge in [-0.1, -0.05) is 6.07 Å². The van der Waals surface area contributed by atoms with Crippen molar-refractivity contribution >= 4 is 457 Å². The summed E-state index contributed by atoms with van der Waals surface area (Å²) in [5.41, 5.74) is 11.8. The van der Waals surface area contributed by atoms with Crippen molar-refractivity contribution in [3.63, 3.8) is 0 Å². The van der Waals surface area contributed by atoms with Crippen molar-refractivity contribution in [1.82, 2.24) is 0 Å². The molecule has 15 rings (SSSR count). The van der Waals surface area contributed by atoms with Crippen LogP contribution in [0.5, 0.6) is 0 Å². The van der Waals surface area contributed by atoms with Gasteiger partial charge in [0.15, 0.2) is 0 Å². The molecular weight excluding hydrogens is 2750 g/mol. The molecular formula is C69H50Br18S15. The number of hydrogen-bond acceptors (Lipinski definition) is 15. The summed E-state index contributed by atoms with van der Waals surface area (Å²) in [6.07, 6.45) is 0. The van der Waals surface area contributed by atoms with Crippen LogP contribution in [0.15, 0.2) is 206 Å². The van der Waals surface area contributed by atoms with Gasteiger partial charge in [-0.25, -0.2) is 0 Å². The highest BCUT2D eigenvalue weighted by molar-refractivity contribution is 9.15. The van der Waals surface area contributed by atoms with E-state index in [4.69, 9.17) is 0 Å². The van der Waals surface area contributed by atoms with Gasteiger partial charge in [-0.2, -0.15) is 0 Å². The lowest BCUT2D eigenvalue weighted by Crippen LogP contribution is -1.61. The summed E-state index contributed by atoms with van der Waals surface area (Å²) in [5, 5.41) is 10.3.